The maximum atomic E-state index is 12.0. The van der Waals surface area contributed by atoms with Crippen molar-refractivity contribution >= 4 is 5.97 Å². The summed E-state index contributed by atoms with van der Waals surface area (Å²) >= 11 is 0. The van der Waals surface area contributed by atoms with Gasteiger partial charge >= 0.3 is 5.97 Å². The molecule has 0 aliphatic carbocycles. The van der Waals surface area contributed by atoms with Gasteiger partial charge in [0.15, 0.2) is 0 Å². The van der Waals surface area contributed by atoms with Crippen LogP contribution in [0.15, 0.2) is 42.5 Å². The summed E-state index contributed by atoms with van der Waals surface area (Å²) in [5.74, 6) is 0.392. The molecule has 2 aromatic rings. The summed E-state index contributed by atoms with van der Waals surface area (Å²) in [5.41, 5.74) is 3.45. The zero-order chi connectivity index (χ0) is 16.3. The molecule has 2 aromatic carbocycles. The maximum absolute atomic E-state index is 12.0. The normalized spacial score (nSPS) is 11.1. The number of carbonyl (C=O) groups is 1. The smallest absolute Gasteiger partial charge is 0.338 e. The van der Waals surface area contributed by atoms with E-state index in [9.17, 15) is 4.79 Å². The molecule has 0 N–H and O–H groups in total. The first-order chi connectivity index (χ1) is 10.4. The molecule has 0 heterocycles. The Kier molecular flexibility index (Phi) is 4.55. The molecule has 0 fully saturated rings. The third-order valence-corrected chi connectivity index (χ3v) is 3.69. The van der Waals surface area contributed by atoms with E-state index in [1.54, 1.807) is 13.2 Å². The number of esters is 1. The van der Waals surface area contributed by atoms with Gasteiger partial charge < -0.3 is 9.47 Å². The van der Waals surface area contributed by atoms with Crippen LogP contribution in [0.1, 0.15) is 36.7 Å². The fraction of sp³-hybridized carbons (Fsp3) is 0.316. The molecular weight excluding hydrogens is 276 g/mol. The van der Waals surface area contributed by atoms with E-state index in [1.807, 2.05) is 24.3 Å². The first kappa shape index (κ1) is 16.1. The van der Waals surface area contributed by atoms with Crippen LogP contribution in [0.3, 0.4) is 0 Å². The molecule has 0 saturated carbocycles. The van der Waals surface area contributed by atoms with E-state index in [0.717, 1.165) is 16.9 Å². The summed E-state index contributed by atoms with van der Waals surface area (Å²) in [7, 11) is 3.03. The van der Waals surface area contributed by atoms with Crippen LogP contribution in [-0.4, -0.2) is 20.2 Å². The van der Waals surface area contributed by atoms with E-state index in [-0.39, 0.29) is 11.4 Å². The summed E-state index contributed by atoms with van der Waals surface area (Å²) in [6.45, 7) is 6.47. The largest absolute Gasteiger partial charge is 0.496 e. The van der Waals surface area contributed by atoms with E-state index in [4.69, 9.17) is 9.47 Å². The van der Waals surface area contributed by atoms with Crippen molar-refractivity contribution in [2.75, 3.05) is 14.2 Å². The van der Waals surface area contributed by atoms with Gasteiger partial charge in [0.1, 0.15) is 5.75 Å². The van der Waals surface area contributed by atoms with Gasteiger partial charge in [0.05, 0.1) is 19.8 Å². The zero-order valence-corrected chi connectivity index (χ0v) is 13.8. The van der Waals surface area contributed by atoms with Gasteiger partial charge in [-0.15, -0.1) is 0 Å². The molecule has 3 nitrogen and oxygen atoms in total. The Bertz CT molecular complexity index is 681. The second-order valence-electron chi connectivity index (χ2n) is 6.20. The van der Waals surface area contributed by atoms with Gasteiger partial charge in [0.25, 0.3) is 0 Å². The topological polar surface area (TPSA) is 35.5 Å². The van der Waals surface area contributed by atoms with Gasteiger partial charge in [0.2, 0.25) is 0 Å². The van der Waals surface area contributed by atoms with E-state index < -0.39 is 0 Å². The predicted molar refractivity (Wildman–Crippen MR) is 88.5 cm³/mol. The average molecular weight is 298 g/mol. The highest BCUT2D eigenvalue weighted by molar-refractivity contribution is 5.98. The molecule has 0 radical (unpaired) electrons. The molecular formula is C19H22O3. The van der Waals surface area contributed by atoms with E-state index in [2.05, 4.69) is 32.9 Å². The number of methoxy groups -OCH3 is 2. The highest BCUT2D eigenvalue weighted by Gasteiger charge is 2.20. The highest BCUT2D eigenvalue weighted by Crippen LogP contribution is 2.36. The Morgan fingerprint density at radius 1 is 0.955 bits per heavy atom. The highest BCUT2D eigenvalue weighted by atomic mass is 16.5. The first-order valence-corrected chi connectivity index (χ1v) is 7.24. The predicted octanol–water partition coefficient (Wildman–Crippen LogP) is 4.45. The minimum absolute atomic E-state index is 0.0151. The van der Waals surface area contributed by atoms with Crippen molar-refractivity contribution in [1.82, 2.24) is 0 Å². The molecule has 2 rings (SSSR count). The molecule has 0 amide bonds. The van der Waals surface area contributed by atoms with Crippen LogP contribution in [0.5, 0.6) is 5.75 Å². The molecule has 116 valence electrons. The van der Waals surface area contributed by atoms with Gasteiger partial charge in [-0.05, 0) is 34.7 Å². The van der Waals surface area contributed by atoms with Crippen LogP contribution in [0.25, 0.3) is 11.1 Å². The number of ether oxygens (including phenoxy) is 2. The van der Waals surface area contributed by atoms with Gasteiger partial charge in [-0.1, -0.05) is 45.0 Å². The van der Waals surface area contributed by atoms with Gasteiger partial charge in [-0.25, -0.2) is 4.79 Å². The third kappa shape index (κ3) is 3.14. The first-order valence-electron chi connectivity index (χ1n) is 7.24. The molecule has 0 aromatic heterocycles. The second-order valence-corrected chi connectivity index (χ2v) is 6.20. The van der Waals surface area contributed by atoms with Gasteiger partial charge in [-0.2, -0.15) is 0 Å². The van der Waals surface area contributed by atoms with Crippen LogP contribution >= 0.6 is 0 Å². The Morgan fingerprint density at radius 2 is 1.64 bits per heavy atom. The van der Waals surface area contributed by atoms with Crippen molar-refractivity contribution < 1.29 is 14.3 Å². The molecule has 0 aliphatic heterocycles. The standard InChI is InChI=1S/C19H22O3/c1-19(2,3)13-10-11-17(21-4)16(12-13)14-8-6-7-9-15(14)18(20)22-5/h6-12H,1-5H3. The average Bonchev–Trinajstić information content (AvgIpc) is 2.52. The molecule has 0 spiro atoms. The maximum Gasteiger partial charge on any atom is 0.338 e. The summed E-state index contributed by atoms with van der Waals surface area (Å²) in [5, 5.41) is 0. The lowest BCUT2D eigenvalue weighted by Gasteiger charge is -2.21. The van der Waals surface area contributed by atoms with Crippen LogP contribution < -0.4 is 4.74 Å². The van der Waals surface area contributed by atoms with E-state index in [1.165, 1.54) is 12.7 Å². The van der Waals surface area contributed by atoms with Crippen LogP contribution in [0, 0.1) is 0 Å². The Hall–Kier alpha value is -2.29. The molecule has 0 aliphatic rings. The van der Waals surface area contributed by atoms with E-state index >= 15 is 0 Å². The number of carbonyl (C=O) groups excluding carboxylic acids is 1. The minimum atomic E-state index is -0.348. The van der Waals surface area contributed by atoms with Crippen molar-refractivity contribution in [2.45, 2.75) is 26.2 Å². The quantitative estimate of drug-likeness (QED) is 0.785. The summed E-state index contributed by atoms with van der Waals surface area (Å²) in [6.07, 6.45) is 0. The number of hydrogen-bond acceptors (Lipinski definition) is 3. The Labute approximate surface area is 131 Å². The fourth-order valence-corrected chi connectivity index (χ4v) is 2.39. The van der Waals surface area contributed by atoms with Crippen molar-refractivity contribution in [3.63, 3.8) is 0 Å². The van der Waals surface area contributed by atoms with Gasteiger partial charge in [-0.3, -0.25) is 0 Å². The third-order valence-electron chi connectivity index (χ3n) is 3.69. The Morgan fingerprint density at radius 3 is 2.23 bits per heavy atom. The Balaban J connectivity index is 2.68. The van der Waals surface area contributed by atoms with Crippen LogP contribution in [-0.2, 0) is 10.2 Å². The second kappa shape index (κ2) is 6.22. The SMILES string of the molecule is COC(=O)c1ccccc1-c1cc(C(C)(C)C)ccc1OC. The van der Waals surface area contributed by atoms with Crippen LogP contribution in [0.2, 0.25) is 0 Å². The van der Waals surface area contributed by atoms with E-state index in [0.29, 0.717) is 5.56 Å². The number of benzene rings is 2. The molecule has 0 atom stereocenters. The summed E-state index contributed by atoms with van der Waals surface area (Å²) < 4.78 is 10.4. The lowest BCUT2D eigenvalue weighted by atomic mass is 9.84. The fourth-order valence-electron chi connectivity index (χ4n) is 2.39. The van der Waals surface area contributed by atoms with Gasteiger partial charge in [0, 0.05) is 5.56 Å². The summed E-state index contributed by atoms with van der Waals surface area (Å²) in [6, 6.07) is 13.5. The zero-order valence-electron chi connectivity index (χ0n) is 13.8. The molecule has 0 unspecified atom stereocenters. The monoisotopic (exact) mass is 298 g/mol. The molecule has 3 heteroatoms. The van der Waals surface area contributed by atoms with Crippen molar-refractivity contribution in [3.8, 4) is 16.9 Å². The van der Waals surface area contributed by atoms with Crippen molar-refractivity contribution in [3.05, 3.63) is 53.6 Å². The molecule has 0 bridgehead atoms. The van der Waals surface area contributed by atoms with Crippen LogP contribution in [0.4, 0.5) is 0 Å². The number of hydrogen-bond donors (Lipinski definition) is 0. The summed E-state index contributed by atoms with van der Waals surface area (Å²) in [4.78, 5) is 12.0. The number of rotatable bonds is 3. The molecule has 0 saturated heterocycles. The van der Waals surface area contributed by atoms with Crippen molar-refractivity contribution in [1.29, 1.82) is 0 Å². The molecule has 22 heavy (non-hydrogen) atoms. The lowest BCUT2D eigenvalue weighted by Crippen LogP contribution is -2.11. The lowest BCUT2D eigenvalue weighted by molar-refractivity contribution is 0.0601. The van der Waals surface area contributed by atoms with Crippen molar-refractivity contribution in [2.24, 2.45) is 0 Å². The minimum Gasteiger partial charge on any atom is -0.496 e.